The minimum Gasteiger partial charge on any atom is -0.496 e. The van der Waals surface area contributed by atoms with Gasteiger partial charge in [-0.15, -0.1) is 0 Å². The van der Waals surface area contributed by atoms with E-state index in [9.17, 15) is 4.79 Å². The lowest BCUT2D eigenvalue weighted by molar-refractivity contribution is -0.113. The average Bonchev–Trinajstić information content (AvgIpc) is 2.44. The number of benzene rings is 1. The van der Waals surface area contributed by atoms with Crippen molar-refractivity contribution >= 4 is 39.3 Å². The number of rotatable bonds is 5. The molecule has 116 valence electrons. The molecule has 0 unspecified atom stereocenters. The van der Waals surface area contributed by atoms with E-state index in [0.29, 0.717) is 10.8 Å². The third-order valence-electron chi connectivity index (χ3n) is 2.73. The maximum atomic E-state index is 12.0. The predicted molar refractivity (Wildman–Crippen MR) is 91.6 cm³/mol. The Kier molecular flexibility index (Phi) is 5.79. The van der Waals surface area contributed by atoms with Gasteiger partial charge in [-0.2, -0.15) is 0 Å². The van der Waals surface area contributed by atoms with E-state index in [0.717, 1.165) is 21.6 Å². The zero-order valence-electron chi connectivity index (χ0n) is 12.5. The maximum Gasteiger partial charge on any atom is 0.234 e. The van der Waals surface area contributed by atoms with Gasteiger partial charge in [0, 0.05) is 17.1 Å². The lowest BCUT2D eigenvalue weighted by Gasteiger charge is -2.08. The number of hydrogen-bond acceptors (Lipinski definition) is 5. The summed E-state index contributed by atoms with van der Waals surface area (Å²) >= 11 is 4.70. The van der Waals surface area contributed by atoms with E-state index >= 15 is 0 Å². The number of anilines is 1. The largest absolute Gasteiger partial charge is 0.496 e. The van der Waals surface area contributed by atoms with Crippen LogP contribution in [0.15, 0.2) is 33.9 Å². The van der Waals surface area contributed by atoms with Gasteiger partial charge in [-0.1, -0.05) is 11.8 Å². The molecule has 0 saturated carbocycles. The third kappa shape index (κ3) is 4.71. The second kappa shape index (κ2) is 7.60. The standard InChI is InChI=1S/C15H16BrN3O2S/c1-9-6-10(2)18-15(17-9)22-8-14(20)19-11-4-5-13(21-3)12(16)7-11/h4-7H,8H2,1-3H3,(H,19,20). The van der Waals surface area contributed by atoms with Crippen molar-refractivity contribution in [1.82, 2.24) is 9.97 Å². The molecule has 5 nitrogen and oxygen atoms in total. The van der Waals surface area contributed by atoms with Gasteiger partial charge >= 0.3 is 0 Å². The van der Waals surface area contributed by atoms with Crippen molar-refractivity contribution < 1.29 is 9.53 Å². The zero-order valence-corrected chi connectivity index (χ0v) is 14.9. The van der Waals surface area contributed by atoms with Crippen LogP contribution in [0.25, 0.3) is 0 Å². The molecular weight excluding hydrogens is 366 g/mol. The van der Waals surface area contributed by atoms with E-state index in [1.165, 1.54) is 11.8 Å². The second-order valence-corrected chi connectivity index (χ2v) is 6.42. The molecule has 0 fully saturated rings. The molecule has 1 aromatic carbocycles. The Bertz CT molecular complexity index is 674. The molecule has 0 atom stereocenters. The molecule has 1 amide bonds. The van der Waals surface area contributed by atoms with Gasteiger partial charge in [0.15, 0.2) is 5.16 Å². The fourth-order valence-electron chi connectivity index (χ4n) is 1.83. The molecule has 22 heavy (non-hydrogen) atoms. The lowest BCUT2D eigenvalue weighted by atomic mass is 10.3. The van der Waals surface area contributed by atoms with Gasteiger partial charge in [-0.3, -0.25) is 4.79 Å². The van der Waals surface area contributed by atoms with Crippen LogP contribution in [0.4, 0.5) is 5.69 Å². The van der Waals surface area contributed by atoms with Gasteiger partial charge in [0.1, 0.15) is 5.75 Å². The Balaban J connectivity index is 1.94. The molecule has 2 aromatic rings. The van der Waals surface area contributed by atoms with Crippen molar-refractivity contribution in [2.75, 3.05) is 18.2 Å². The Morgan fingerprint density at radius 3 is 2.55 bits per heavy atom. The smallest absolute Gasteiger partial charge is 0.234 e. The molecular formula is C15H16BrN3O2S. The average molecular weight is 382 g/mol. The minimum atomic E-state index is -0.107. The van der Waals surface area contributed by atoms with Gasteiger partial charge in [0.25, 0.3) is 0 Å². The van der Waals surface area contributed by atoms with Crippen molar-refractivity contribution in [3.63, 3.8) is 0 Å². The summed E-state index contributed by atoms with van der Waals surface area (Å²) in [5.74, 6) is 0.868. The number of hydrogen-bond donors (Lipinski definition) is 1. The molecule has 0 saturated heterocycles. The number of methoxy groups -OCH3 is 1. The summed E-state index contributed by atoms with van der Waals surface area (Å²) in [4.78, 5) is 20.6. The summed E-state index contributed by atoms with van der Waals surface area (Å²) in [7, 11) is 1.60. The predicted octanol–water partition coefficient (Wildman–Crippen LogP) is 3.60. The molecule has 0 aliphatic rings. The monoisotopic (exact) mass is 381 g/mol. The van der Waals surface area contributed by atoms with Crippen molar-refractivity contribution in [3.8, 4) is 5.75 Å². The highest BCUT2D eigenvalue weighted by atomic mass is 79.9. The van der Waals surface area contributed by atoms with Gasteiger partial charge in [-0.05, 0) is 54.0 Å². The Labute approximate surface area is 142 Å². The van der Waals surface area contributed by atoms with Crippen LogP contribution < -0.4 is 10.1 Å². The summed E-state index contributed by atoms with van der Waals surface area (Å²) in [5.41, 5.74) is 2.50. The molecule has 0 spiro atoms. The first kappa shape index (κ1) is 16.8. The van der Waals surface area contributed by atoms with E-state index in [1.807, 2.05) is 19.9 Å². The van der Waals surface area contributed by atoms with Crippen molar-refractivity contribution in [2.24, 2.45) is 0 Å². The van der Waals surface area contributed by atoms with Gasteiger partial charge in [0.2, 0.25) is 5.91 Å². The number of nitrogens with zero attached hydrogens (tertiary/aromatic N) is 2. The summed E-state index contributed by atoms with van der Waals surface area (Å²) in [6, 6.07) is 7.28. The number of ether oxygens (including phenoxy) is 1. The van der Waals surface area contributed by atoms with Crippen LogP contribution in [0.5, 0.6) is 5.75 Å². The van der Waals surface area contributed by atoms with Crippen molar-refractivity contribution in [1.29, 1.82) is 0 Å². The van der Waals surface area contributed by atoms with Crippen LogP contribution in [0.2, 0.25) is 0 Å². The Morgan fingerprint density at radius 1 is 1.27 bits per heavy atom. The molecule has 0 aliphatic carbocycles. The van der Waals surface area contributed by atoms with Gasteiger partial charge in [0.05, 0.1) is 17.3 Å². The minimum absolute atomic E-state index is 0.107. The molecule has 2 rings (SSSR count). The van der Waals surface area contributed by atoms with Crippen LogP contribution >= 0.6 is 27.7 Å². The fourth-order valence-corrected chi connectivity index (χ4v) is 3.12. The zero-order chi connectivity index (χ0) is 16.1. The van der Waals surface area contributed by atoms with Gasteiger partial charge < -0.3 is 10.1 Å². The van der Waals surface area contributed by atoms with E-state index in [-0.39, 0.29) is 11.7 Å². The first-order chi connectivity index (χ1) is 10.5. The number of carbonyl (C=O) groups is 1. The number of carbonyl (C=O) groups excluding carboxylic acids is 1. The normalized spacial score (nSPS) is 10.4. The number of nitrogens with one attached hydrogen (secondary N) is 1. The highest BCUT2D eigenvalue weighted by molar-refractivity contribution is 9.10. The number of thioether (sulfide) groups is 1. The SMILES string of the molecule is COc1ccc(NC(=O)CSc2nc(C)cc(C)n2)cc1Br. The first-order valence-electron chi connectivity index (χ1n) is 6.56. The molecule has 0 bridgehead atoms. The quantitative estimate of drug-likeness (QED) is 0.633. The third-order valence-corrected chi connectivity index (χ3v) is 4.20. The van der Waals surface area contributed by atoms with Crippen molar-refractivity contribution in [2.45, 2.75) is 19.0 Å². The van der Waals surface area contributed by atoms with E-state index in [2.05, 4.69) is 31.2 Å². The summed E-state index contributed by atoms with van der Waals surface area (Å²) in [5, 5.41) is 3.45. The van der Waals surface area contributed by atoms with Crippen LogP contribution in [-0.4, -0.2) is 28.7 Å². The van der Waals surface area contributed by atoms with E-state index < -0.39 is 0 Å². The van der Waals surface area contributed by atoms with Crippen molar-refractivity contribution in [3.05, 3.63) is 40.1 Å². The number of aryl methyl sites for hydroxylation is 2. The highest BCUT2D eigenvalue weighted by Crippen LogP contribution is 2.27. The Hall–Kier alpha value is -1.60. The highest BCUT2D eigenvalue weighted by Gasteiger charge is 2.08. The molecule has 0 aliphatic heterocycles. The molecule has 7 heteroatoms. The van der Waals surface area contributed by atoms with Crippen LogP contribution in [0.3, 0.4) is 0 Å². The topological polar surface area (TPSA) is 64.1 Å². The molecule has 1 heterocycles. The van der Waals surface area contributed by atoms with Crippen LogP contribution in [0.1, 0.15) is 11.4 Å². The number of halogens is 1. The summed E-state index contributed by atoms with van der Waals surface area (Å²) in [6.45, 7) is 3.82. The van der Waals surface area contributed by atoms with Gasteiger partial charge in [-0.25, -0.2) is 9.97 Å². The van der Waals surface area contributed by atoms with E-state index in [1.54, 1.807) is 25.3 Å². The molecule has 1 aromatic heterocycles. The van der Waals surface area contributed by atoms with Crippen LogP contribution in [-0.2, 0) is 4.79 Å². The fraction of sp³-hybridized carbons (Fsp3) is 0.267. The summed E-state index contributed by atoms with van der Waals surface area (Å²) < 4.78 is 5.94. The number of amides is 1. The molecule has 1 N–H and O–H groups in total. The number of aromatic nitrogens is 2. The maximum absolute atomic E-state index is 12.0. The first-order valence-corrected chi connectivity index (χ1v) is 8.34. The Morgan fingerprint density at radius 2 is 1.95 bits per heavy atom. The van der Waals surface area contributed by atoms with E-state index in [4.69, 9.17) is 4.74 Å². The summed E-state index contributed by atoms with van der Waals surface area (Å²) in [6.07, 6.45) is 0. The van der Waals surface area contributed by atoms with Crippen LogP contribution in [0, 0.1) is 13.8 Å². The second-order valence-electron chi connectivity index (χ2n) is 4.62. The molecule has 0 radical (unpaired) electrons. The lowest BCUT2D eigenvalue weighted by Crippen LogP contribution is -2.14.